The van der Waals surface area contributed by atoms with Gasteiger partial charge in [-0.2, -0.15) is 0 Å². The van der Waals surface area contributed by atoms with Gasteiger partial charge in [0.05, 0.1) is 50.7 Å². The smallest absolute Gasteiger partial charge is 0.364 e. The minimum absolute atomic E-state index is 0.202. The molecule has 0 aliphatic carbocycles. The minimum atomic E-state index is -3.08. The summed E-state index contributed by atoms with van der Waals surface area (Å²) in [6.45, 7) is 2.20. The van der Waals surface area contributed by atoms with Crippen molar-refractivity contribution in [3.8, 4) is 0 Å². The molecule has 14 N–H and O–H groups in total. The number of amides is 2. The number of rotatable bonds is 73. The van der Waals surface area contributed by atoms with Crippen molar-refractivity contribution in [1.82, 2.24) is 10.6 Å². The fourth-order valence-electron chi connectivity index (χ4n) is 15.7. The molecule has 3 fully saturated rings. The van der Waals surface area contributed by atoms with Crippen LogP contribution in [0.3, 0.4) is 0 Å². The maximum atomic E-state index is 13.6. The number of aliphatic carboxylic acids is 1. The molecule has 0 radical (unpaired) electrons. The summed E-state index contributed by atoms with van der Waals surface area (Å²) in [4.78, 5) is 38.8. The van der Waals surface area contributed by atoms with Gasteiger partial charge < -0.3 is 100 Å². The van der Waals surface area contributed by atoms with E-state index in [4.69, 9.17) is 28.4 Å². The maximum absolute atomic E-state index is 13.6. The van der Waals surface area contributed by atoms with Crippen molar-refractivity contribution in [3.05, 3.63) is 36.5 Å². The number of carbonyl (C=O) groups excluding carboxylic acids is 2. The molecular weight excluding hydrogens is 1430 g/mol. The summed E-state index contributed by atoms with van der Waals surface area (Å²) < 4.78 is 35.0. The molecule has 0 spiro atoms. The van der Waals surface area contributed by atoms with Gasteiger partial charge in [-0.15, -0.1) is 0 Å². The van der Waals surface area contributed by atoms with E-state index in [9.17, 15) is 75.7 Å². The number of carboxylic acids is 1. The molecule has 3 aliphatic heterocycles. The summed E-state index contributed by atoms with van der Waals surface area (Å²) >= 11 is 0. The van der Waals surface area contributed by atoms with E-state index < -0.39 is 155 Å². The van der Waals surface area contributed by atoms with Crippen LogP contribution in [0.2, 0.25) is 0 Å². The first-order valence-corrected chi connectivity index (χ1v) is 45.4. The van der Waals surface area contributed by atoms with E-state index in [0.717, 1.165) is 58.3 Å². The lowest BCUT2D eigenvalue weighted by Crippen LogP contribution is -2.70. The number of aliphatic hydroxyl groups is 11. The molecule has 18 atom stereocenters. The SMILES string of the molecule is CCCCCCCCCCCCCCCCC/C=C\C/C=C\CCCCCCCCCCCCCCCCCCCC(=O)NC(COC1OC(CO)C(OC2OC(CO)C(O)C(OC3(C(=O)O)CC(O)C(NC(C)=O)C(C(O)C(O)CO)O3)C2O)C(O)C1O)C(O)/C=C/CCCCCCCCCCCCCCCCCCC. The number of carboxylic acid groups (broad SMARTS) is 1. The van der Waals surface area contributed by atoms with Crippen molar-refractivity contribution in [2.75, 3.05) is 26.4 Å². The lowest BCUT2D eigenvalue weighted by molar-refractivity contribution is -0.386. The van der Waals surface area contributed by atoms with Gasteiger partial charge in [0.15, 0.2) is 12.6 Å². The second-order valence-electron chi connectivity index (χ2n) is 32.8. The third kappa shape index (κ3) is 45.2. The molecule has 3 rings (SSSR count). The van der Waals surface area contributed by atoms with Crippen LogP contribution in [-0.4, -0.2) is 215 Å². The fraction of sp³-hybridized carbons (Fsp3) is 0.899. The number of hydrogen-bond donors (Lipinski definition) is 14. The van der Waals surface area contributed by atoms with Gasteiger partial charge in [0.2, 0.25) is 11.8 Å². The van der Waals surface area contributed by atoms with Crippen LogP contribution in [0.1, 0.15) is 374 Å². The van der Waals surface area contributed by atoms with Crippen molar-refractivity contribution < 1.29 is 104 Å². The van der Waals surface area contributed by atoms with Crippen molar-refractivity contribution in [3.63, 3.8) is 0 Å². The number of carbonyl (C=O) groups is 3. The van der Waals surface area contributed by atoms with E-state index in [-0.39, 0.29) is 12.3 Å². The third-order valence-corrected chi connectivity index (χ3v) is 22.8. The van der Waals surface area contributed by atoms with Gasteiger partial charge in [0.1, 0.15) is 67.1 Å². The van der Waals surface area contributed by atoms with E-state index in [1.165, 1.54) is 276 Å². The van der Waals surface area contributed by atoms with E-state index in [1.54, 1.807) is 6.08 Å². The van der Waals surface area contributed by atoms with Gasteiger partial charge in [-0.05, 0) is 51.4 Å². The Morgan fingerprint density at radius 3 is 1.26 bits per heavy atom. The van der Waals surface area contributed by atoms with Crippen LogP contribution in [0.5, 0.6) is 0 Å². The predicted octanol–water partition coefficient (Wildman–Crippen LogP) is 14.4. The molecule has 656 valence electrons. The summed E-state index contributed by atoms with van der Waals surface area (Å²) in [5.74, 6) is -6.14. The molecule has 3 heterocycles. The zero-order chi connectivity index (χ0) is 81.7. The Balaban J connectivity index is 1.41. The molecule has 0 saturated carbocycles. The molecule has 112 heavy (non-hydrogen) atoms. The van der Waals surface area contributed by atoms with Crippen LogP contribution in [0.15, 0.2) is 36.5 Å². The second kappa shape index (κ2) is 66.8. The molecule has 23 nitrogen and oxygen atoms in total. The van der Waals surface area contributed by atoms with Crippen molar-refractivity contribution in [1.29, 1.82) is 0 Å². The normalized spacial score (nSPS) is 25.5. The highest BCUT2D eigenvalue weighted by Crippen LogP contribution is 2.39. The average molecular weight is 1600 g/mol. The van der Waals surface area contributed by atoms with Crippen LogP contribution < -0.4 is 10.6 Å². The van der Waals surface area contributed by atoms with Gasteiger partial charge in [0, 0.05) is 19.8 Å². The lowest BCUT2D eigenvalue weighted by atomic mass is 9.88. The largest absolute Gasteiger partial charge is 0.477 e. The standard InChI is InChI=1S/C89H164N2O21/c1-4-6-8-10-12-14-16-18-20-22-24-25-26-27-28-29-30-31-32-33-34-35-36-37-38-39-40-41-42-43-45-47-49-51-53-55-57-59-61-63-76(99)91-70(71(96)62-60-58-56-54-52-50-48-46-44-23-21-19-17-15-13-11-9-7-5-2)68-107-86-81(103)80(102)83(75(67-94)109-86)110-87-82(104)85(79(101)74(66-93)108-87)112-89(88(105)106)64-72(97)77(90-69(3)95)84(111-89)78(100)73(98)65-92/h30-31,33-34,60,62,70-75,77-87,92-94,96-98,100-104H,4-29,32,35-59,61,63-68H2,1-3H3,(H,90,95)(H,91,99)(H,105,106)/b31-30-,34-33-,62-60+. The van der Waals surface area contributed by atoms with E-state index in [0.29, 0.717) is 12.8 Å². The number of nitrogens with one attached hydrogen (secondary N) is 2. The highest BCUT2D eigenvalue weighted by atomic mass is 16.8. The Bertz CT molecular complexity index is 2360. The minimum Gasteiger partial charge on any atom is -0.477 e. The first kappa shape index (κ1) is 103. The number of allylic oxidation sites excluding steroid dienone is 5. The number of hydrogen-bond acceptors (Lipinski definition) is 20. The van der Waals surface area contributed by atoms with Crippen molar-refractivity contribution in [2.45, 2.75) is 484 Å². The van der Waals surface area contributed by atoms with Crippen LogP contribution in [0, 0.1) is 0 Å². The monoisotopic (exact) mass is 1600 g/mol. The lowest BCUT2D eigenvalue weighted by Gasteiger charge is -2.50. The van der Waals surface area contributed by atoms with Crippen molar-refractivity contribution in [2.24, 2.45) is 0 Å². The zero-order valence-electron chi connectivity index (χ0n) is 70.0. The highest BCUT2D eigenvalue weighted by Gasteiger charge is 2.60. The molecule has 0 aromatic heterocycles. The molecule has 3 saturated heterocycles. The Morgan fingerprint density at radius 2 is 0.866 bits per heavy atom. The Morgan fingerprint density at radius 1 is 0.473 bits per heavy atom. The predicted molar refractivity (Wildman–Crippen MR) is 440 cm³/mol. The fourth-order valence-corrected chi connectivity index (χ4v) is 15.7. The first-order valence-electron chi connectivity index (χ1n) is 45.4. The molecule has 2 amide bonds. The van der Waals surface area contributed by atoms with E-state index >= 15 is 0 Å². The summed E-state index contributed by atoms with van der Waals surface area (Å²) in [7, 11) is 0. The van der Waals surface area contributed by atoms with Gasteiger partial charge >= 0.3 is 5.97 Å². The first-order chi connectivity index (χ1) is 54.4. The summed E-state index contributed by atoms with van der Waals surface area (Å²) in [6, 6.07) is -2.62. The Hall–Kier alpha value is -3.05. The van der Waals surface area contributed by atoms with Gasteiger partial charge in [-0.25, -0.2) is 4.79 Å². The summed E-state index contributed by atoms with van der Waals surface area (Å²) in [5, 5.41) is 137. The summed E-state index contributed by atoms with van der Waals surface area (Å²) in [6.07, 6.45) is 50.7. The Labute approximate surface area is 676 Å². The molecule has 23 heteroatoms. The highest BCUT2D eigenvalue weighted by molar-refractivity contribution is 5.77. The Kier molecular flexibility index (Phi) is 61.5. The van der Waals surface area contributed by atoms with Crippen LogP contribution >= 0.6 is 0 Å². The second-order valence-corrected chi connectivity index (χ2v) is 32.8. The summed E-state index contributed by atoms with van der Waals surface area (Å²) in [5.41, 5.74) is 0. The molecule has 0 aromatic carbocycles. The molecule has 0 aromatic rings. The molecule has 18 unspecified atom stereocenters. The number of aliphatic hydroxyl groups excluding tert-OH is 11. The molecule has 0 bridgehead atoms. The van der Waals surface area contributed by atoms with Crippen LogP contribution in [0.4, 0.5) is 0 Å². The third-order valence-electron chi connectivity index (χ3n) is 22.8. The number of ether oxygens (including phenoxy) is 6. The topological polar surface area (TPSA) is 373 Å². The van der Waals surface area contributed by atoms with Gasteiger partial charge in [0.25, 0.3) is 5.79 Å². The van der Waals surface area contributed by atoms with Crippen LogP contribution in [-0.2, 0) is 42.8 Å². The van der Waals surface area contributed by atoms with E-state index in [2.05, 4.69) is 48.8 Å². The molecular formula is C89H164N2O21. The quantitative estimate of drug-likeness (QED) is 0.0199. The van der Waals surface area contributed by atoms with Crippen LogP contribution in [0.25, 0.3) is 0 Å². The van der Waals surface area contributed by atoms with Gasteiger partial charge in [-0.3, -0.25) is 9.59 Å². The maximum Gasteiger partial charge on any atom is 0.364 e. The van der Waals surface area contributed by atoms with Crippen molar-refractivity contribution >= 4 is 17.8 Å². The zero-order valence-corrected chi connectivity index (χ0v) is 70.0. The van der Waals surface area contributed by atoms with E-state index in [1.807, 2.05) is 6.08 Å². The number of unbranched alkanes of at least 4 members (excludes halogenated alkanes) is 49. The average Bonchev–Trinajstić information content (AvgIpc) is 0.756. The molecule has 3 aliphatic rings. The van der Waals surface area contributed by atoms with Gasteiger partial charge in [-0.1, -0.05) is 339 Å².